The monoisotopic (exact) mass is 284 g/mol. The third-order valence-electron chi connectivity index (χ3n) is 2.78. The molecular weight excluding hydrogens is 271 g/mol. The fourth-order valence-electron chi connectivity index (χ4n) is 1.73. The second kappa shape index (κ2) is 5.69. The Kier molecular flexibility index (Phi) is 4.22. The summed E-state index contributed by atoms with van der Waals surface area (Å²) >= 11 is 12.2. The number of aromatic nitrogens is 3. The molecule has 0 radical (unpaired) electrons. The Labute approximate surface area is 116 Å². The van der Waals surface area contributed by atoms with Crippen LogP contribution in [0, 0.1) is 0 Å². The van der Waals surface area contributed by atoms with E-state index in [0.29, 0.717) is 16.6 Å². The lowest BCUT2D eigenvalue weighted by Gasteiger charge is -2.14. The molecule has 6 heteroatoms. The maximum Gasteiger partial charge on any atom is 0.149 e. The molecule has 0 aliphatic rings. The summed E-state index contributed by atoms with van der Waals surface area (Å²) in [5.41, 5.74) is 0.898. The van der Waals surface area contributed by atoms with Crippen molar-refractivity contribution in [2.24, 2.45) is 7.05 Å². The van der Waals surface area contributed by atoms with Crippen molar-refractivity contribution in [3.8, 4) is 0 Å². The van der Waals surface area contributed by atoms with Crippen molar-refractivity contribution in [2.45, 2.75) is 19.5 Å². The first kappa shape index (κ1) is 13.3. The number of aryl methyl sites for hydroxylation is 1. The molecule has 2 aromatic rings. The van der Waals surface area contributed by atoms with E-state index in [1.165, 1.54) is 0 Å². The average molecular weight is 285 g/mol. The third kappa shape index (κ3) is 2.83. The number of halogens is 2. The normalized spacial score (nSPS) is 12.7. The van der Waals surface area contributed by atoms with Gasteiger partial charge in [0.25, 0.3) is 0 Å². The standard InChI is InChI=1S/C12H14Cl2N4/c1-8(12-17-16-7-18(12)2)15-6-9-10(13)4-3-5-11(9)14/h3-5,7-8,15H,6H2,1-2H3. The van der Waals surface area contributed by atoms with Gasteiger partial charge in [-0.3, -0.25) is 0 Å². The summed E-state index contributed by atoms with van der Waals surface area (Å²) in [4.78, 5) is 0. The van der Waals surface area contributed by atoms with E-state index in [4.69, 9.17) is 23.2 Å². The summed E-state index contributed by atoms with van der Waals surface area (Å²) in [5, 5.41) is 12.6. The summed E-state index contributed by atoms with van der Waals surface area (Å²) in [6.07, 6.45) is 1.68. The van der Waals surface area contributed by atoms with Crippen molar-refractivity contribution < 1.29 is 0 Å². The fourth-order valence-corrected chi connectivity index (χ4v) is 2.26. The van der Waals surface area contributed by atoms with Gasteiger partial charge in [0, 0.05) is 29.2 Å². The maximum atomic E-state index is 6.11. The van der Waals surface area contributed by atoms with Crippen LogP contribution in [0.2, 0.25) is 10.0 Å². The zero-order valence-electron chi connectivity index (χ0n) is 10.2. The molecule has 1 aromatic heterocycles. The first-order valence-electron chi connectivity index (χ1n) is 5.59. The molecule has 0 aliphatic heterocycles. The van der Waals surface area contributed by atoms with Crippen molar-refractivity contribution in [3.63, 3.8) is 0 Å². The van der Waals surface area contributed by atoms with E-state index in [-0.39, 0.29) is 6.04 Å². The predicted molar refractivity (Wildman–Crippen MR) is 72.7 cm³/mol. The molecule has 0 amide bonds. The van der Waals surface area contributed by atoms with Crippen LogP contribution in [0.3, 0.4) is 0 Å². The van der Waals surface area contributed by atoms with Crippen LogP contribution in [-0.4, -0.2) is 14.8 Å². The van der Waals surface area contributed by atoms with E-state index in [0.717, 1.165) is 11.4 Å². The lowest BCUT2D eigenvalue weighted by Crippen LogP contribution is -2.21. The van der Waals surface area contributed by atoms with E-state index in [1.54, 1.807) is 6.33 Å². The average Bonchev–Trinajstić information content (AvgIpc) is 2.74. The van der Waals surface area contributed by atoms with Crippen molar-refractivity contribution in [2.75, 3.05) is 0 Å². The number of benzene rings is 1. The van der Waals surface area contributed by atoms with E-state index < -0.39 is 0 Å². The molecule has 1 heterocycles. The molecule has 1 atom stereocenters. The molecule has 1 aromatic carbocycles. The minimum atomic E-state index is 0.0739. The number of rotatable bonds is 4. The number of nitrogens with one attached hydrogen (secondary N) is 1. The highest BCUT2D eigenvalue weighted by Crippen LogP contribution is 2.24. The lowest BCUT2D eigenvalue weighted by atomic mass is 10.2. The van der Waals surface area contributed by atoms with Crippen LogP contribution in [0.1, 0.15) is 24.4 Å². The fraction of sp³-hybridized carbons (Fsp3) is 0.333. The highest BCUT2D eigenvalue weighted by atomic mass is 35.5. The van der Waals surface area contributed by atoms with Crippen LogP contribution in [0.25, 0.3) is 0 Å². The van der Waals surface area contributed by atoms with Crippen LogP contribution in [0.5, 0.6) is 0 Å². The second-order valence-corrected chi connectivity index (χ2v) is 4.92. The third-order valence-corrected chi connectivity index (χ3v) is 3.49. The Hall–Kier alpha value is -1.10. The summed E-state index contributed by atoms with van der Waals surface area (Å²) in [7, 11) is 1.91. The van der Waals surface area contributed by atoms with E-state index in [9.17, 15) is 0 Å². The van der Waals surface area contributed by atoms with Crippen LogP contribution in [0.4, 0.5) is 0 Å². The Morgan fingerprint density at radius 1 is 1.33 bits per heavy atom. The maximum absolute atomic E-state index is 6.11. The second-order valence-electron chi connectivity index (χ2n) is 4.10. The summed E-state index contributed by atoms with van der Waals surface area (Å²) in [6, 6.07) is 5.57. The van der Waals surface area contributed by atoms with Crippen LogP contribution in [0.15, 0.2) is 24.5 Å². The van der Waals surface area contributed by atoms with Gasteiger partial charge in [0.1, 0.15) is 12.2 Å². The molecule has 18 heavy (non-hydrogen) atoms. The van der Waals surface area contributed by atoms with Crippen molar-refractivity contribution >= 4 is 23.2 Å². The van der Waals surface area contributed by atoms with E-state index in [1.807, 2.05) is 36.7 Å². The van der Waals surface area contributed by atoms with Crippen LogP contribution < -0.4 is 5.32 Å². The molecule has 0 aliphatic carbocycles. The molecule has 1 unspecified atom stereocenters. The molecule has 4 nitrogen and oxygen atoms in total. The topological polar surface area (TPSA) is 42.7 Å². The van der Waals surface area contributed by atoms with E-state index >= 15 is 0 Å². The highest BCUT2D eigenvalue weighted by molar-refractivity contribution is 6.35. The van der Waals surface area contributed by atoms with Crippen LogP contribution >= 0.6 is 23.2 Å². The van der Waals surface area contributed by atoms with Gasteiger partial charge in [0.2, 0.25) is 0 Å². The Bertz CT molecular complexity index is 518. The molecule has 0 fully saturated rings. The van der Waals surface area contributed by atoms with Gasteiger partial charge >= 0.3 is 0 Å². The molecule has 0 saturated heterocycles. The predicted octanol–water partition coefficient (Wildman–Crippen LogP) is 2.97. The Balaban J connectivity index is 2.06. The number of hydrogen-bond donors (Lipinski definition) is 1. The van der Waals surface area contributed by atoms with Gasteiger partial charge < -0.3 is 9.88 Å². The summed E-state index contributed by atoms with van der Waals surface area (Å²) in [5.74, 6) is 0.873. The number of nitrogens with zero attached hydrogens (tertiary/aromatic N) is 3. The van der Waals surface area contributed by atoms with Crippen LogP contribution in [-0.2, 0) is 13.6 Å². The van der Waals surface area contributed by atoms with Gasteiger partial charge in [-0.2, -0.15) is 0 Å². The minimum absolute atomic E-state index is 0.0739. The van der Waals surface area contributed by atoms with Gasteiger partial charge in [-0.05, 0) is 19.1 Å². The van der Waals surface area contributed by atoms with Gasteiger partial charge in [-0.25, -0.2) is 0 Å². The first-order chi connectivity index (χ1) is 8.59. The van der Waals surface area contributed by atoms with Gasteiger partial charge in [-0.1, -0.05) is 29.3 Å². The molecular formula is C12H14Cl2N4. The van der Waals surface area contributed by atoms with Crippen molar-refractivity contribution in [1.29, 1.82) is 0 Å². The Morgan fingerprint density at radius 3 is 2.56 bits per heavy atom. The zero-order valence-corrected chi connectivity index (χ0v) is 11.7. The SMILES string of the molecule is CC(NCc1c(Cl)cccc1Cl)c1nncn1C. The van der Waals surface area contributed by atoms with Gasteiger partial charge in [0.05, 0.1) is 6.04 Å². The molecule has 1 N–H and O–H groups in total. The summed E-state index contributed by atoms with van der Waals surface area (Å²) < 4.78 is 1.88. The van der Waals surface area contributed by atoms with Gasteiger partial charge in [-0.15, -0.1) is 10.2 Å². The lowest BCUT2D eigenvalue weighted by molar-refractivity contribution is 0.528. The van der Waals surface area contributed by atoms with Gasteiger partial charge in [0.15, 0.2) is 0 Å². The zero-order chi connectivity index (χ0) is 13.1. The largest absolute Gasteiger partial charge is 0.319 e. The molecule has 0 saturated carbocycles. The molecule has 0 bridgehead atoms. The molecule has 2 rings (SSSR count). The van der Waals surface area contributed by atoms with Crippen molar-refractivity contribution in [1.82, 2.24) is 20.1 Å². The highest BCUT2D eigenvalue weighted by Gasteiger charge is 2.12. The Morgan fingerprint density at radius 2 is 2.00 bits per heavy atom. The molecule has 96 valence electrons. The molecule has 0 spiro atoms. The quantitative estimate of drug-likeness (QED) is 0.939. The smallest absolute Gasteiger partial charge is 0.149 e. The first-order valence-corrected chi connectivity index (χ1v) is 6.35. The van der Waals surface area contributed by atoms with E-state index in [2.05, 4.69) is 15.5 Å². The number of hydrogen-bond acceptors (Lipinski definition) is 3. The minimum Gasteiger partial charge on any atom is -0.319 e. The van der Waals surface area contributed by atoms with Crippen molar-refractivity contribution in [3.05, 3.63) is 46.0 Å². The summed E-state index contributed by atoms with van der Waals surface area (Å²) in [6.45, 7) is 2.61.